The number of Topliss-reactive ketones (excluding diaryl/α,β-unsaturated/α-hetero) is 1. The lowest BCUT2D eigenvalue weighted by Crippen LogP contribution is -2.46. The number of hydrogen-bond acceptors (Lipinski definition) is 7. The first kappa shape index (κ1) is 36.2. The van der Waals surface area contributed by atoms with Crippen LogP contribution in [0.3, 0.4) is 0 Å². The van der Waals surface area contributed by atoms with Crippen molar-refractivity contribution in [3.8, 4) is 16.8 Å². The van der Waals surface area contributed by atoms with E-state index in [-0.39, 0.29) is 28.8 Å². The van der Waals surface area contributed by atoms with Gasteiger partial charge in [-0.25, -0.2) is 18.7 Å². The summed E-state index contributed by atoms with van der Waals surface area (Å²) in [4.78, 5) is 55.2. The van der Waals surface area contributed by atoms with E-state index in [1.807, 2.05) is 43.3 Å². The van der Waals surface area contributed by atoms with Crippen LogP contribution >= 0.6 is 0 Å². The number of pyridine rings is 2. The van der Waals surface area contributed by atoms with E-state index in [0.29, 0.717) is 43.5 Å². The molecular formula is C44H49FN6O3. The Labute approximate surface area is 315 Å². The third-order valence-electron chi connectivity index (χ3n) is 12.0. The summed E-state index contributed by atoms with van der Waals surface area (Å²) in [6.45, 7) is 7.57. The van der Waals surface area contributed by atoms with E-state index in [2.05, 4.69) is 44.0 Å². The van der Waals surface area contributed by atoms with Crippen LogP contribution in [-0.4, -0.2) is 66.9 Å². The molecule has 2 saturated heterocycles. The van der Waals surface area contributed by atoms with Crippen LogP contribution in [0.5, 0.6) is 0 Å². The quantitative estimate of drug-likeness (QED) is 0.145. The second kappa shape index (κ2) is 15.9. The fourth-order valence-corrected chi connectivity index (χ4v) is 9.02. The fourth-order valence-electron chi connectivity index (χ4n) is 9.02. The molecule has 0 N–H and O–H groups in total. The van der Waals surface area contributed by atoms with Gasteiger partial charge in [0.2, 0.25) is 0 Å². The van der Waals surface area contributed by atoms with E-state index < -0.39 is 17.1 Å². The second-order valence-electron chi connectivity index (χ2n) is 15.6. The number of rotatable bonds is 9. The summed E-state index contributed by atoms with van der Waals surface area (Å²) in [6.07, 6.45) is 10.5. The Balaban J connectivity index is 1.00. The molecule has 0 atom stereocenters. The first-order chi connectivity index (χ1) is 26.3. The zero-order valence-corrected chi connectivity index (χ0v) is 31.1. The van der Waals surface area contributed by atoms with Gasteiger partial charge in [-0.15, -0.1) is 0 Å². The van der Waals surface area contributed by atoms with Gasteiger partial charge >= 0.3 is 5.69 Å². The molecule has 280 valence electrons. The van der Waals surface area contributed by atoms with Crippen molar-refractivity contribution in [1.82, 2.24) is 28.9 Å². The van der Waals surface area contributed by atoms with Crippen molar-refractivity contribution in [2.24, 2.45) is 5.92 Å². The van der Waals surface area contributed by atoms with Crippen molar-refractivity contribution < 1.29 is 9.18 Å². The van der Waals surface area contributed by atoms with E-state index >= 15 is 0 Å². The predicted octanol–water partition coefficient (Wildman–Crippen LogP) is 7.51. The monoisotopic (exact) mass is 728 g/mol. The van der Waals surface area contributed by atoms with Gasteiger partial charge < -0.3 is 4.90 Å². The van der Waals surface area contributed by atoms with E-state index in [0.717, 1.165) is 48.7 Å². The summed E-state index contributed by atoms with van der Waals surface area (Å²) in [5.74, 6) is -0.497. The molecule has 54 heavy (non-hydrogen) atoms. The number of likely N-dealkylation sites (tertiary alicyclic amines) is 2. The van der Waals surface area contributed by atoms with Crippen LogP contribution in [0.15, 0.2) is 88.6 Å². The zero-order valence-electron chi connectivity index (χ0n) is 31.1. The topological polar surface area (TPSA) is 93.3 Å². The largest absolute Gasteiger partial charge is 0.337 e. The van der Waals surface area contributed by atoms with Gasteiger partial charge in [-0.05, 0) is 137 Å². The molecule has 3 aromatic heterocycles. The van der Waals surface area contributed by atoms with Gasteiger partial charge in [0.15, 0.2) is 11.4 Å². The maximum Gasteiger partial charge on any atom is 0.337 e. The molecule has 0 radical (unpaired) electrons. The Morgan fingerprint density at radius 1 is 0.796 bits per heavy atom. The minimum absolute atomic E-state index is 0.00621. The standard InChI is InChI=1S/C44H49FN6O3/c1-30-7-5-10-40(47-30)41(52)25-31-13-17-37(18-14-31)51-43(53)39-27-35(45)28-46-42(39)50(44(51)54)38-9-6-8-34(26-38)33-15-11-32(12-16-33)29-48-23-19-36(20-24-48)49-21-3-2-4-22-49/h5-12,15-16,26-28,31,36-37H,2-4,13-14,17-25,29H2,1H3. The third kappa shape index (κ3) is 7.72. The van der Waals surface area contributed by atoms with Crippen LogP contribution in [0.1, 0.15) is 92.0 Å². The average molecular weight is 729 g/mol. The minimum Gasteiger partial charge on any atom is -0.300 e. The Hall–Kier alpha value is -4.80. The highest BCUT2D eigenvalue weighted by Crippen LogP contribution is 2.34. The van der Waals surface area contributed by atoms with Crippen molar-refractivity contribution >= 4 is 16.8 Å². The Morgan fingerprint density at radius 3 is 2.28 bits per heavy atom. The van der Waals surface area contributed by atoms with E-state index in [4.69, 9.17) is 0 Å². The van der Waals surface area contributed by atoms with Crippen LogP contribution < -0.4 is 11.2 Å². The van der Waals surface area contributed by atoms with Crippen molar-refractivity contribution in [3.05, 3.63) is 123 Å². The van der Waals surface area contributed by atoms with Crippen molar-refractivity contribution in [3.63, 3.8) is 0 Å². The number of carbonyl (C=O) groups excluding carboxylic acids is 1. The SMILES string of the molecule is Cc1cccc(C(=O)CC2CCC(n3c(=O)c4cc(F)cnc4n(-c4cccc(-c5ccc(CN6CCC(N7CCCCC7)CC6)cc5)c4)c3=O)CC2)n1. The van der Waals surface area contributed by atoms with Gasteiger partial charge in [0.25, 0.3) is 5.56 Å². The van der Waals surface area contributed by atoms with Crippen molar-refractivity contribution in [1.29, 1.82) is 0 Å². The summed E-state index contributed by atoms with van der Waals surface area (Å²) >= 11 is 0. The lowest BCUT2D eigenvalue weighted by atomic mass is 9.82. The third-order valence-corrected chi connectivity index (χ3v) is 12.0. The molecule has 3 fully saturated rings. The molecule has 3 aliphatic rings. The van der Waals surface area contributed by atoms with E-state index in [9.17, 15) is 18.8 Å². The zero-order chi connectivity index (χ0) is 37.2. The molecule has 1 aliphatic carbocycles. The summed E-state index contributed by atoms with van der Waals surface area (Å²) in [6, 6.07) is 23.3. The van der Waals surface area contributed by atoms with Gasteiger partial charge in [-0.1, -0.05) is 48.9 Å². The van der Waals surface area contributed by atoms with Crippen molar-refractivity contribution in [2.45, 2.75) is 89.8 Å². The highest BCUT2D eigenvalue weighted by molar-refractivity contribution is 5.94. The van der Waals surface area contributed by atoms with E-state index in [1.54, 1.807) is 6.07 Å². The number of benzene rings is 2. The lowest BCUT2D eigenvalue weighted by Gasteiger charge is -2.40. The number of hydrogen-bond donors (Lipinski definition) is 0. The van der Waals surface area contributed by atoms with Crippen LogP contribution in [0.2, 0.25) is 0 Å². The maximum atomic E-state index is 14.6. The molecule has 2 aliphatic heterocycles. The fraction of sp³-hybridized carbons (Fsp3) is 0.432. The van der Waals surface area contributed by atoms with Gasteiger partial charge in [0, 0.05) is 30.7 Å². The number of piperidine rings is 2. The van der Waals surface area contributed by atoms with E-state index in [1.165, 1.54) is 66.0 Å². The van der Waals surface area contributed by atoms with Gasteiger partial charge in [0.1, 0.15) is 11.5 Å². The van der Waals surface area contributed by atoms with Gasteiger partial charge in [-0.3, -0.25) is 24.0 Å². The molecule has 5 aromatic rings. The summed E-state index contributed by atoms with van der Waals surface area (Å²) in [5.41, 5.74) is 4.14. The number of halogens is 1. The number of carbonyl (C=O) groups is 1. The number of ketones is 1. The van der Waals surface area contributed by atoms with Crippen LogP contribution in [0.4, 0.5) is 4.39 Å². The lowest BCUT2D eigenvalue weighted by molar-refractivity contribution is 0.0896. The van der Waals surface area contributed by atoms with Gasteiger partial charge in [0.05, 0.1) is 17.3 Å². The maximum absolute atomic E-state index is 14.6. The average Bonchev–Trinajstić information content (AvgIpc) is 3.20. The molecule has 8 rings (SSSR count). The summed E-state index contributed by atoms with van der Waals surface area (Å²) in [7, 11) is 0. The molecule has 0 unspecified atom stereocenters. The first-order valence-corrected chi connectivity index (χ1v) is 19.8. The molecule has 1 saturated carbocycles. The molecule has 10 heteroatoms. The highest BCUT2D eigenvalue weighted by atomic mass is 19.1. The Morgan fingerprint density at radius 2 is 1.54 bits per heavy atom. The predicted molar refractivity (Wildman–Crippen MR) is 210 cm³/mol. The first-order valence-electron chi connectivity index (χ1n) is 19.8. The number of fused-ring (bicyclic) bond motifs is 1. The highest BCUT2D eigenvalue weighted by Gasteiger charge is 2.29. The minimum atomic E-state index is -0.636. The van der Waals surface area contributed by atoms with Crippen molar-refractivity contribution in [2.75, 3.05) is 26.2 Å². The summed E-state index contributed by atoms with van der Waals surface area (Å²) in [5, 5.41) is 0.0622. The molecule has 5 heterocycles. The Bertz CT molecular complexity index is 2240. The summed E-state index contributed by atoms with van der Waals surface area (Å²) < 4.78 is 17.3. The normalized spacial score (nSPS) is 20.3. The number of aromatic nitrogens is 4. The molecule has 9 nitrogen and oxygen atoms in total. The van der Waals surface area contributed by atoms with Crippen LogP contribution in [0.25, 0.3) is 27.8 Å². The molecule has 2 aromatic carbocycles. The number of aryl methyl sites for hydroxylation is 1. The molecule has 0 spiro atoms. The second-order valence-corrected chi connectivity index (χ2v) is 15.6. The van der Waals surface area contributed by atoms with Crippen LogP contribution in [0, 0.1) is 18.7 Å². The Kier molecular flexibility index (Phi) is 10.7. The van der Waals surface area contributed by atoms with Crippen LogP contribution in [-0.2, 0) is 6.54 Å². The molecular weight excluding hydrogens is 680 g/mol. The molecule has 0 bridgehead atoms. The van der Waals surface area contributed by atoms with Gasteiger partial charge in [-0.2, -0.15) is 0 Å². The number of nitrogens with zero attached hydrogens (tertiary/aromatic N) is 6. The molecule has 0 amide bonds. The smallest absolute Gasteiger partial charge is 0.300 e.